The Morgan fingerprint density at radius 1 is 1.19 bits per heavy atom. The molecule has 110 valence electrons. The van der Waals surface area contributed by atoms with Gasteiger partial charge in [0.25, 0.3) is 11.8 Å². The highest BCUT2D eigenvalue weighted by Gasteiger charge is 2.48. The highest BCUT2D eigenvalue weighted by Crippen LogP contribution is 2.26. The first kappa shape index (κ1) is 13.3. The molecule has 0 bridgehead atoms. The number of hydrogen-bond donors (Lipinski definition) is 3. The van der Waals surface area contributed by atoms with Gasteiger partial charge in [-0.2, -0.15) is 0 Å². The molecule has 0 saturated carbocycles. The summed E-state index contributed by atoms with van der Waals surface area (Å²) in [5.41, 5.74) is -0.923. The summed E-state index contributed by atoms with van der Waals surface area (Å²) in [6, 6.07) is 2.30. The van der Waals surface area contributed by atoms with Gasteiger partial charge >= 0.3 is 6.03 Å². The topological polar surface area (TPSA) is 111 Å². The van der Waals surface area contributed by atoms with Gasteiger partial charge in [0.2, 0.25) is 5.56 Å². The van der Waals surface area contributed by atoms with Gasteiger partial charge in [-0.15, -0.1) is 0 Å². The Morgan fingerprint density at radius 3 is 2.48 bits per heavy atom. The predicted molar refractivity (Wildman–Crippen MR) is 71.6 cm³/mol. The van der Waals surface area contributed by atoms with E-state index < -0.39 is 11.6 Å². The summed E-state index contributed by atoms with van der Waals surface area (Å²) < 4.78 is 0. The van der Waals surface area contributed by atoms with E-state index in [-0.39, 0.29) is 17.4 Å². The Morgan fingerprint density at radius 2 is 1.90 bits per heavy atom. The summed E-state index contributed by atoms with van der Waals surface area (Å²) in [6.07, 6.45) is 2.14. The number of pyridine rings is 1. The number of nitrogens with zero attached hydrogens (tertiary/aromatic N) is 1. The van der Waals surface area contributed by atoms with Gasteiger partial charge in [0.05, 0.1) is 0 Å². The molecule has 0 aromatic carbocycles. The molecule has 2 fully saturated rings. The van der Waals surface area contributed by atoms with Gasteiger partial charge in [0.15, 0.2) is 0 Å². The lowest BCUT2D eigenvalue weighted by atomic mass is 9.87. The number of rotatable bonds is 1. The summed E-state index contributed by atoms with van der Waals surface area (Å²) in [5, 5.41) is 4.86. The molecular formula is C13H14N4O4. The van der Waals surface area contributed by atoms with Crippen LogP contribution in [0, 0.1) is 0 Å². The highest BCUT2D eigenvalue weighted by molar-refractivity contribution is 6.07. The van der Waals surface area contributed by atoms with Gasteiger partial charge in [-0.1, -0.05) is 0 Å². The van der Waals surface area contributed by atoms with Crippen LogP contribution >= 0.6 is 0 Å². The lowest BCUT2D eigenvalue weighted by molar-refractivity contribution is -0.125. The van der Waals surface area contributed by atoms with Crippen LogP contribution in [0.4, 0.5) is 4.79 Å². The van der Waals surface area contributed by atoms with E-state index in [0.717, 1.165) is 0 Å². The first-order chi connectivity index (χ1) is 10.00. The van der Waals surface area contributed by atoms with Crippen LogP contribution in [0.25, 0.3) is 0 Å². The summed E-state index contributed by atoms with van der Waals surface area (Å²) in [5.74, 6) is -0.587. The molecule has 1 aromatic rings. The van der Waals surface area contributed by atoms with E-state index in [1.165, 1.54) is 18.3 Å². The van der Waals surface area contributed by atoms with E-state index in [9.17, 15) is 19.2 Å². The van der Waals surface area contributed by atoms with Crippen molar-refractivity contribution in [3.63, 3.8) is 0 Å². The first-order valence-corrected chi connectivity index (χ1v) is 6.62. The van der Waals surface area contributed by atoms with E-state index in [2.05, 4.69) is 15.6 Å². The Balaban J connectivity index is 1.71. The number of nitrogens with one attached hydrogen (secondary N) is 3. The standard InChI is InChI=1S/C13H14N4O4/c18-9-7-8(1-4-14-9)10(19)17-5-2-13(3-6-17)11(20)15-12(21)16-13/h1,4,7H,2-3,5-6H2,(H,14,18)(H2,15,16,20,21). The van der Waals surface area contributed by atoms with E-state index in [4.69, 9.17) is 0 Å². The van der Waals surface area contributed by atoms with Gasteiger partial charge in [0.1, 0.15) is 5.54 Å². The molecule has 3 heterocycles. The highest BCUT2D eigenvalue weighted by atomic mass is 16.2. The van der Waals surface area contributed by atoms with Gasteiger partial charge in [-0.3, -0.25) is 19.7 Å². The lowest BCUT2D eigenvalue weighted by Gasteiger charge is -2.36. The molecule has 21 heavy (non-hydrogen) atoms. The third kappa shape index (κ3) is 2.28. The summed E-state index contributed by atoms with van der Waals surface area (Å²) in [6.45, 7) is 0.693. The molecule has 1 spiro atoms. The molecule has 2 aliphatic rings. The average molecular weight is 290 g/mol. The number of piperidine rings is 1. The van der Waals surface area contributed by atoms with Crippen LogP contribution in [0.1, 0.15) is 23.2 Å². The van der Waals surface area contributed by atoms with Crippen LogP contribution in [0.15, 0.2) is 23.1 Å². The number of hydrogen-bond acceptors (Lipinski definition) is 4. The second-order valence-electron chi connectivity index (χ2n) is 5.22. The Kier molecular flexibility index (Phi) is 3.00. The average Bonchev–Trinajstić information content (AvgIpc) is 2.73. The number of amides is 4. The SMILES string of the molecule is O=C1NC(=O)C2(CCN(C(=O)c3cc[nH]c(=O)c3)CC2)N1. The van der Waals surface area contributed by atoms with Crippen molar-refractivity contribution in [1.82, 2.24) is 20.5 Å². The molecule has 2 aliphatic heterocycles. The lowest BCUT2D eigenvalue weighted by Crippen LogP contribution is -2.55. The van der Waals surface area contributed by atoms with Gasteiger partial charge in [-0.25, -0.2) is 4.79 Å². The minimum Gasteiger partial charge on any atom is -0.338 e. The zero-order valence-corrected chi connectivity index (χ0v) is 11.1. The van der Waals surface area contributed by atoms with Crippen molar-refractivity contribution in [3.8, 4) is 0 Å². The van der Waals surface area contributed by atoms with E-state index in [1.54, 1.807) is 4.90 Å². The molecule has 0 unspecified atom stereocenters. The van der Waals surface area contributed by atoms with Crippen LogP contribution in [-0.2, 0) is 4.79 Å². The summed E-state index contributed by atoms with van der Waals surface area (Å²) in [4.78, 5) is 50.6. The normalized spacial score (nSPS) is 20.3. The Hall–Kier alpha value is -2.64. The number of aromatic nitrogens is 1. The maximum atomic E-state index is 12.3. The maximum absolute atomic E-state index is 12.3. The molecule has 0 aliphatic carbocycles. The largest absolute Gasteiger partial charge is 0.338 e. The number of carbonyl (C=O) groups excluding carboxylic acids is 3. The second-order valence-corrected chi connectivity index (χ2v) is 5.22. The van der Waals surface area contributed by atoms with Gasteiger partial charge < -0.3 is 15.2 Å². The number of imide groups is 1. The third-order valence-corrected chi connectivity index (χ3v) is 3.94. The van der Waals surface area contributed by atoms with Crippen molar-refractivity contribution in [1.29, 1.82) is 0 Å². The van der Waals surface area contributed by atoms with Crippen LogP contribution in [-0.4, -0.2) is 46.4 Å². The van der Waals surface area contributed by atoms with Gasteiger partial charge in [-0.05, 0) is 18.9 Å². The predicted octanol–water partition coefficient (Wildman–Crippen LogP) is -0.811. The smallest absolute Gasteiger partial charge is 0.322 e. The van der Waals surface area contributed by atoms with Crippen molar-refractivity contribution in [2.24, 2.45) is 0 Å². The van der Waals surface area contributed by atoms with E-state index >= 15 is 0 Å². The van der Waals surface area contributed by atoms with Crippen molar-refractivity contribution >= 4 is 17.8 Å². The fraction of sp³-hybridized carbons (Fsp3) is 0.385. The second kappa shape index (κ2) is 4.72. The number of aromatic amines is 1. The fourth-order valence-electron chi connectivity index (χ4n) is 2.73. The van der Waals surface area contributed by atoms with Crippen molar-refractivity contribution in [2.75, 3.05) is 13.1 Å². The van der Waals surface area contributed by atoms with Crippen LogP contribution in [0.5, 0.6) is 0 Å². The Bertz CT molecular complexity index is 673. The molecule has 0 atom stereocenters. The molecule has 1 aromatic heterocycles. The molecule has 8 nitrogen and oxygen atoms in total. The van der Waals surface area contributed by atoms with Crippen LogP contribution in [0.3, 0.4) is 0 Å². The molecule has 8 heteroatoms. The van der Waals surface area contributed by atoms with Crippen LogP contribution in [0.2, 0.25) is 0 Å². The third-order valence-electron chi connectivity index (χ3n) is 3.94. The molecule has 4 amide bonds. The number of urea groups is 1. The van der Waals surface area contributed by atoms with Crippen molar-refractivity contribution < 1.29 is 14.4 Å². The van der Waals surface area contributed by atoms with E-state index in [1.807, 2.05) is 0 Å². The van der Waals surface area contributed by atoms with Gasteiger partial charge in [0, 0.05) is 30.9 Å². The first-order valence-electron chi connectivity index (χ1n) is 6.62. The fourth-order valence-corrected chi connectivity index (χ4v) is 2.73. The van der Waals surface area contributed by atoms with Crippen LogP contribution < -0.4 is 16.2 Å². The zero-order valence-electron chi connectivity index (χ0n) is 11.1. The quantitative estimate of drug-likeness (QED) is 0.587. The maximum Gasteiger partial charge on any atom is 0.322 e. The molecule has 3 rings (SSSR count). The minimum atomic E-state index is -0.901. The number of likely N-dealkylation sites (tertiary alicyclic amines) is 1. The number of carbonyl (C=O) groups is 3. The minimum absolute atomic E-state index is 0.249. The molecule has 0 radical (unpaired) electrons. The molecular weight excluding hydrogens is 276 g/mol. The summed E-state index contributed by atoms with van der Waals surface area (Å²) >= 11 is 0. The zero-order chi connectivity index (χ0) is 15.0. The molecule has 3 N–H and O–H groups in total. The van der Waals surface area contributed by atoms with Crippen molar-refractivity contribution in [3.05, 3.63) is 34.2 Å². The Labute approximate surface area is 119 Å². The number of H-pyrrole nitrogens is 1. The summed E-state index contributed by atoms with van der Waals surface area (Å²) in [7, 11) is 0. The van der Waals surface area contributed by atoms with Crippen molar-refractivity contribution in [2.45, 2.75) is 18.4 Å². The van der Waals surface area contributed by atoms with E-state index in [0.29, 0.717) is 31.5 Å². The monoisotopic (exact) mass is 290 g/mol. The molecule has 2 saturated heterocycles.